The van der Waals surface area contributed by atoms with Gasteiger partial charge in [-0.25, -0.2) is 0 Å². The summed E-state index contributed by atoms with van der Waals surface area (Å²) in [5.41, 5.74) is 4.91. The molecule has 4 heteroatoms. The first-order valence-electron chi connectivity index (χ1n) is 8.14. The van der Waals surface area contributed by atoms with E-state index in [2.05, 4.69) is 27.3 Å². The van der Waals surface area contributed by atoms with Gasteiger partial charge in [-0.05, 0) is 55.0 Å². The van der Waals surface area contributed by atoms with Crippen molar-refractivity contribution in [3.05, 3.63) is 65.7 Å². The van der Waals surface area contributed by atoms with Crippen LogP contribution in [0.1, 0.15) is 15.9 Å². The molecule has 0 spiro atoms. The molecular weight excluding hydrogens is 298 g/mol. The lowest BCUT2D eigenvalue weighted by molar-refractivity contribution is 0.102. The fourth-order valence-corrected chi connectivity index (χ4v) is 2.95. The molecule has 0 bridgehead atoms. The minimum absolute atomic E-state index is 0.0851. The second-order valence-corrected chi connectivity index (χ2v) is 6.27. The summed E-state index contributed by atoms with van der Waals surface area (Å²) in [6, 6.07) is 13.7. The normalized spacial score (nSPS) is 13.2. The van der Waals surface area contributed by atoms with E-state index in [4.69, 9.17) is 0 Å². The molecule has 2 aromatic rings. The number of carbonyl (C=O) groups is 1. The van der Waals surface area contributed by atoms with Crippen LogP contribution in [0.5, 0.6) is 0 Å². The van der Waals surface area contributed by atoms with E-state index in [0.29, 0.717) is 5.56 Å². The maximum absolute atomic E-state index is 12.4. The number of hydrogen-bond donors (Lipinski definition) is 1. The molecule has 0 saturated carbocycles. The fraction of sp³-hybridized carbons (Fsp3) is 0.250. The van der Waals surface area contributed by atoms with Gasteiger partial charge in [-0.3, -0.25) is 4.79 Å². The average Bonchev–Trinajstić information content (AvgIpc) is 3.09. The summed E-state index contributed by atoms with van der Waals surface area (Å²) in [6.07, 6.45) is 4.31. The molecule has 0 unspecified atom stereocenters. The lowest BCUT2D eigenvalue weighted by Gasteiger charge is -2.18. The predicted molar refractivity (Wildman–Crippen MR) is 101 cm³/mol. The van der Waals surface area contributed by atoms with Gasteiger partial charge < -0.3 is 15.1 Å². The Balaban J connectivity index is 1.69. The molecule has 1 heterocycles. The largest absolute Gasteiger partial charge is 0.377 e. The first kappa shape index (κ1) is 16.1. The lowest BCUT2D eigenvalue weighted by atomic mass is 10.1. The van der Waals surface area contributed by atoms with Gasteiger partial charge in [-0.2, -0.15) is 0 Å². The molecule has 0 atom stereocenters. The van der Waals surface area contributed by atoms with Gasteiger partial charge in [0, 0.05) is 49.8 Å². The number of benzene rings is 2. The highest BCUT2D eigenvalue weighted by Crippen LogP contribution is 2.23. The third kappa shape index (κ3) is 3.43. The van der Waals surface area contributed by atoms with Gasteiger partial charge in [-0.1, -0.05) is 12.2 Å². The number of nitrogens with zero attached hydrogens (tertiary/aromatic N) is 2. The molecule has 24 heavy (non-hydrogen) atoms. The van der Waals surface area contributed by atoms with Crippen molar-refractivity contribution in [1.82, 2.24) is 0 Å². The third-order valence-electron chi connectivity index (χ3n) is 4.25. The molecule has 4 nitrogen and oxygen atoms in total. The highest BCUT2D eigenvalue weighted by molar-refractivity contribution is 6.04. The molecular formula is C20H23N3O. The van der Waals surface area contributed by atoms with E-state index >= 15 is 0 Å². The third-order valence-corrected chi connectivity index (χ3v) is 4.25. The first-order valence-corrected chi connectivity index (χ1v) is 8.14. The summed E-state index contributed by atoms with van der Waals surface area (Å²) in [5.74, 6) is -0.0851. The van der Waals surface area contributed by atoms with Crippen LogP contribution in [0.4, 0.5) is 17.1 Å². The van der Waals surface area contributed by atoms with Gasteiger partial charge in [0.15, 0.2) is 0 Å². The number of rotatable bonds is 4. The van der Waals surface area contributed by atoms with E-state index in [1.165, 1.54) is 0 Å². The Kier molecular flexibility index (Phi) is 4.56. The molecule has 1 aliphatic rings. The Bertz CT molecular complexity index is 755. The van der Waals surface area contributed by atoms with Gasteiger partial charge in [0.1, 0.15) is 0 Å². The maximum atomic E-state index is 12.4. The number of carbonyl (C=O) groups excluding carboxylic acids is 1. The second-order valence-electron chi connectivity index (χ2n) is 6.27. The minimum Gasteiger partial charge on any atom is -0.377 e. The Morgan fingerprint density at radius 2 is 1.71 bits per heavy atom. The van der Waals surface area contributed by atoms with Gasteiger partial charge in [-0.15, -0.1) is 0 Å². The van der Waals surface area contributed by atoms with Crippen LogP contribution in [-0.2, 0) is 0 Å². The molecule has 1 N–H and O–H groups in total. The zero-order valence-corrected chi connectivity index (χ0v) is 14.4. The van der Waals surface area contributed by atoms with Crippen molar-refractivity contribution >= 4 is 23.0 Å². The quantitative estimate of drug-likeness (QED) is 0.872. The highest BCUT2D eigenvalue weighted by Gasteiger charge is 2.11. The van der Waals surface area contributed by atoms with Crippen molar-refractivity contribution < 1.29 is 4.79 Å². The van der Waals surface area contributed by atoms with Crippen LogP contribution >= 0.6 is 0 Å². The van der Waals surface area contributed by atoms with Gasteiger partial charge in [0.05, 0.1) is 0 Å². The summed E-state index contributed by atoms with van der Waals surface area (Å²) in [7, 11) is 4.02. The van der Waals surface area contributed by atoms with E-state index in [9.17, 15) is 4.79 Å². The summed E-state index contributed by atoms with van der Waals surface area (Å²) in [5, 5.41) is 2.97. The zero-order valence-electron chi connectivity index (χ0n) is 14.4. The Morgan fingerprint density at radius 3 is 2.29 bits per heavy atom. The van der Waals surface area contributed by atoms with Crippen LogP contribution in [0.25, 0.3) is 0 Å². The number of amides is 1. The molecule has 2 aromatic carbocycles. The summed E-state index contributed by atoms with van der Waals surface area (Å²) in [6.45, 7) is 3.91. The van der Waals surface area contributed by atoms with Crippen molar-refractivity contribution in [3.8, 4) is 0 Å². The van der Waals surface area contributed by atoms with E-state index in [1.807, 2.05) is 63.5 Å². The Labute approximate surface area is 143 Å². The maximum Gasteiger partial charge on any atom is 0.255 e. The Hall–Kier alpha value is -2.75. The van der Waals surface area contributed by atoms with Crippen molar-refractivity contribution in [2.45, 2.75) is 6.92 Å². The molecule has 0 fully saturated rings. The van der Waals surface area contributed by atoms with Crippen LogP contribution in [0.15, 0.2) is 54.6 Å². The molecule has 1 amide bonds. The summed E-state index contributed by atoms with van der Waals surface area (Å²) < 4.78 is 0. The SMILES string of the molecule is Cc1cc(NC(=O)c2ccc(N3CC=CC3)cc2)ccc1N(C)C. The van der Waals surface area contributed by atoms with Gasteiger partial charge in [0.25, 0.3) is 5.91 Å². The van der Waals surface area contributed by atoms with Crippen LogP contribution in [0, 0.1) is 6.92 Å². The molecule has 0 aliphatic carbocycles. The average molecular weight is 321 g/mol. The predicted octanol–water partition coefficient (Wildman–Crippen LogP) is 3.69. The van der Waals surface area contributed by atoms with Gasteiger partial charge >= 0.3 is 0 Å². The standard InChI is InChI=1S/C20H23N3O/c1-15-14-17(8-11-19(15)22(2)3)21-20(24)16-6-9-18(10-7-16)23-12-4-5-13-23/h4-11,14H,12-13H2,1-3H3,(H,21,24). The molecule has 124 valence electrons. The van der Waals surface area contributed by atoms with E-state index < -0.39 is 0 Å². The van der Waals surface area contributed by atoms with Crippen molar-refractivity contribution in [3.63, 3.8) is 0 Å². The van der Waals surface area contributed by atoms with E-state index in [1.54, 1.807) is 0 Å². The van der Waals surface area contributed by atoms with Crippen LogP contribution < -0.4 is 15.1 Å². The molecule has 0 saturated heterocycles. The van der Waals surface area contributed by atoms with Crippen LogP contribution in [0.2, 0.25) is 0 Å². The second kappa shape index (κ2) is 6.79. The zero-order chi connectivity index (χ0) is 17.1. The smallest absolute Gasteiger partial charge is 0.255 e. The van der Waals surface area contributed by atoms with E-state index in [0.717, 1.165) is 35.7 Å². The lowest BCUT2D eigenvalue weighted by Crippen LogP contribution is -2.18. The summed E-state index contributed by atoms with van der Waals surface area (Å²) >= 11 is 0. The highest BCUT2D eigenvalue weighted by atomic mass is 16.1. The topological polar surface area (TPSA) is 35.6 Å². The van der Waals surface area contributed by atoms with Crippen molar-refractivity contribution in [2.24, 2.45) is 0 Å². The van der Waals surface area contributed by atoms with Crippen molar-refractivity contribution in [2.75, 3.05) is 42.3 Å². The van der Waals surface area contributed by atoms with Crippen LogP contribution in [0.3, 0.4) is 0 Å². The van der Waals surface area contributed by atoms with E-state index in [-0.39, 0.29) is 5.91 Å². The summed E-state index contributed by atoms with van der Waals surface area (Å²) in [4.78, 5) is 16.7. The number of hydrogen-bond acceptors (Lipinski definition) is 3. The van der Waals surface area contributed by atoms with Crippen molar-refractivity contribution in [1.29, 1.82) is 0 Å². The molecule has 0 radical (unpaired) electrons. The Morgan fingerprint density at radius 1 is 1.04 bits per heavy atom. The number of aryl methyl sites for hydroxylation is 1. The first-order chi connectivity index (χ1) is 11.5. The number of anilines is 3. The molecule has 3 rings (SSSR count). The molecule has 1 aliphatic heterocycles. The number of nitrogens with one attached hydrogen (secondary N) is 1. The van der Waals surface area contributed by atoms with Gasteiger partial charge in [0.2, 0.25) is 0 Å². The fourth-order valence-electron chi connectivity index (χ4n) is 2.95. The molecule has 0 aromatic heterocycles. The minimum atomic E-state index is -0.0851. The monoisotopic (exact) mass is 321 g/mol. The van der Waals surface area contributed by atoms with Crippen LogP contribution in [-0.4, -0.2) is 33.1 Å².